The summed E-state index contributed by atoms with van der Waals surface area (Å²) in [6.07, 6.45) is 7.06. The molecule has 3 fully saturated rings. The minimum atomic E-state index is -1.71. The minimum Gasteiger partial charge on any atom is -0.444 e. The lowest BCUT2D eigenvalue weighted by Crippen LogP contribution is -2.62. The van der Waals surface area contributed by atoms with Gasteiger partial charge in [-0.1, -0.05) is 25.5 Å². The monoisotopic (exact) mass is 463 g/mol. The van der Waals surface area contributed by atoms with Gasteiger partial charge in [0.2, 0.25) is 0 Å². The van der Waals surface area contributed by atoms with Gasteiger partial charge < -0.3 is 20.1 Å². The number of hydrogen-bond donors (Lipinski definition) is 3. The zero-order chi connectivity index (χ0) is 23.5. The fourth-order valence-electron chi connectivity index (χ4n) is 7.22. The zero-order valence-electron chi connectivity index (χ0n) is 18.3. The fourth-order valence-corrected chi connectivity index (χ4v) is 7.33. The highest BCUT2D eigenvalue weighted by Gasteiger charge is 2.68. The van der Waals surface area contributed by atoms with Crippen molar-refractivity contribution in [2.75, 3.05) is 6.54 Å². The number of hydrogen-bond acceptors (Lipinski definition) is 7. The van der Waals surface area contributed by atoms with Gasteiger partial charge in [0.25, 0.3) is 0 Å². The van der Waals surface area contributed by atoms with Crippen molar-refractivity contribution < 1.29 is 33.9 Å². The maximum absolute atomic E-state index is 13.1. The summed E-state index contributed by atoms with van der Waals surface area (Å²) in [6.45, 7) is 3.43. The van der Waals surface area contributed by atoms with Crippen LogP contribution in [0.3, 0.4) is 0 Å². The van der Waals surface area contributed by atoms with E-state index in [0.29, 0.717) is 6.42 Å². The molecule has 9 heteroatoms. The Morgan fingerprint density at radius 1 is 1.28 bits per heavy atom. The Labute approximate surface area is 189 Å². The first-order valence-electron chi connectivity index (χ1n) is 11.0. The third kappa shape index (κ3) is 3.22. The second-order valence-corrected chi connectivity index (χ2v) is 10.4. The van der Waals surface area contributed by atoms with Crippen LogP contribution in [-0.4, -0.2) is 51.9 Å². The number of aliphatic hydroxyl groups is 2. The van der Waals surface area contributed by atoms with E-state index in [1.807, 2.05) is 13.0 Å². The minimum absolute atomic E-state index is 0.0157. The summed E-state index contributed by atoms with van der Waals surface area (Å²) >= 11 is 0. The van der Waals surface area contributed by atoms with E-state index in [0.717, 1.165) is 18.4 Å². The third-order valence-corrected chi connectivity index (χ3v) is 9.03. The molecule has 0 heterocycles. The van der Waals surface area contributed by atoms with Gasteiger partial charge in [0.15, 0.2) is 11.6 Å². The molecule has 4 aliphatic carbocycles. The van der Waals surface area contributed by atoms with Gasteiger partial charge in [0.05, 0.1) is 22.1 Å². The second kappa shape index (κ2) is 7.86. The van der Waals surface area contributed by atoms with Crippen LogP contribution >= 0.6 is 9.47 Å². The van der Waals surface area contributed by atoms with E-state index in [1.54, 1.807) is 21.6 Å². The molecular formula is C23H30NO7P. The summed E-state index contributed by atoms with van der Waals surface area (Å²) in [6, 6.07) is 0. The standard InChI is InChI=1S/C23H30NO7P/c1-21-7-5-13(25)9-12(21)3-4-14-15-6-8-23(30,22(15,2)10-16(26)18(14)21)17(27)11-24-19(28)20(29)31-32/h5,7,9,14-16,18,26,30H,3-4,6,8,10-11,32H2,1-2H3,(H,24,28). The number of allylic oxidation sites excluding steroid dienone is 4. The Morgan fingerprint density at radius 2 is 2.00 bits per heavy atom. The molecule has 0 radical (unpaired) electrons. The Bertz CT molecular complexity index is 945. The first-order chi connectivity index (χ1) is 15.0. The van der Waals surface area contributed by atoms with Crippen molar-refractivity contribution in [2.24, 2.45) is 28.6 Å². The lowest BCUT2D eigenvalue weighted by Gasteiger charge is -2.59. The number of ketones is 2. The van der Waals surface area contributed by atoms with Crippen LogP contribution in [0.25, 0.3) is 0 Å². The van der Waals surface area contributed by atoms with Crippen molar-refractivity contribution in [1.29, 1.82) is 0 Å². The topological polar surface area (TPSA) is 130 Å². The summed E-state index contributed by atoms with van der Waals surface area (Å²) in [7, 11) is 1.67. The molecule has 8 unspecified atom stereocenters. The largest absolute Gasteiger partial charge is 0.444 e. The lowest BCUT2D eigenvalue weighted by atomic mass is 9.46. The van der Waals surface area contributed by atoms with Gasteiger partial charge in [-0.3, -0.25) is 14.4 Å². The second-order valence-electron chi connectivity index (χ2n) is 10.1. The number of rotatable bonds is 3. The quantitative estimate of drug-likeness (QED) is 0.421. The smallest absolute Gasteiger partial charge is 0.398 e. The molecule has 4 rings (SSSR count). The van der Waals surface area contributed by atoms with Gasteiger partial charge >= 0.3 is 11.9 Å². The van der Waals surface area contributed by atoms with Gasteiger partial charge in [0, 0.05) is 16.7 Å². The molecule has 0 spiro atoms. The molecule has 3 N–H and O–H groups in total. The van der Waals surface area contributed by atoms with Crippen LogP contribution in [0.5, 0.6) is 0 Å². The third-order valence-electron chi connectivity index (χ3n) is 8.81. The van der Waals surface area contributed by atoms with E-state index < -0.39 is 46.7 Å². The van der Waals surface area contributed by atoms with Gasteiger partial charge in [-0.05, 0) is 56.1 Å². The number of amides is 1. The van der Waals surface area contributed by atoms with E-state index in [9.17, 15) is 29.4 Å². The average molecular weight is 463 g/mol. The molecule has 3 saturated carbocycles. The summed E-state index contributed by atoms with van der Waals surface area (Å²) in [5.41, 5.74) is -1.95. The van der Waals surface area contributed by atoms with Gasteiger partial charge in [-0.25, -0.2) is 4.79 Å². The molecule has 32 heavy (non-hydrogen) atoms. The predicted molar refractivity (Wildman–Crippen MR) is 117 cm³/mol. The first kappa shape index (κ1) is 23.3. The van der Waals surface area contributed by atoms with Crippen molar-refractivity contribution in [3.63, 3.8) is 0 Å². The fraction of sp³-hybridized carbons (Fsp3) is 0.652. The van der Waals surface area contributed by atoms with Crippen LogP contribution in [-0.2, 0) is 23.7 Å². The number of aliphatic hydroxyl groups excluding tert-OH is 1. The molecule has 0 aromatic rings. The highest BCUT2D eigenvalue weighted by Crippen LogP contribution is 2.67. The number of carbonyl (C=O) groups excluding carboxylic acids is 4. The number of carbonyl (C=O) groups is 4. The SMILES string of the molecule is CC12C=CC(=O)C=C1CCC1C2C(O)CC2(C)C1CCC2(O)C(=O)CNC(=O)C(=O)OP. The first-order valence-corrected chi connectivity index (χ1v) is 11.5. The highest BCUT2D eigenvalue weighted by atomic mass is 31.0. The average Bonchev–Trinajstić information content (AvgIpc) is 3.02. The van der Waals surface area contributed by atoms with Crippen molar-refractivity contribution in [3.8, 4) is 0 Å². The molecule has 0 aromatic heterocycles. The molecule has 0 aliphatic heterocycles. The van der Waals surface area contributed by atoms with Crippen molar-refractivity contribution in [2.45, 2.75) is 57.7 Å². The Balaban J connectivity index is 1.59. The van der Waals surface area contributed by atoms with Gasteiger partial charge in [-0.2, -0.15) is 0 Å². The lowest BCUT2D eigenvalue weighted by molar-refractivity contribution is -0.176. The predicted octanol–water partition coefficient (Wildman–Crippen LogP) is 1.01. The van der Waals surface area contributed by atoms with Crippen molar-refractivity contribution in [3.05, 3.63) is 23.8 Å². The maximum atomic E-state index is 13.1. The number of Topliss-reactive ketones (excluding diaryl/α,β-unsaturated/α-hetero) is 1. The van der Waals surface area contributed by atoms with Gasteiger partial charge in [0.1, 0.15) is 5.60 Å². The van der Waals surface area contributed by atoms with Crippen molar-refractivity contribution in [1.82, 2.24) is 5.32 Å². The summed E-state index contributed by atoms with van der Waals surface area (Å²) in [4.78, 5) is 48.0. The Hall–Kier alpha value is -1.89. The van der Waals surface area contributed by atoms with Gasteiger partial charge in [-0.15, -0.1) is 0 Å². The van der Waals surface area contributed by atoms with Crippen LogP contribution in [0.15, 0.2) is 23.8 Å². The van der Waals surface area contributed by atoms with Crippen LogP contribution < -0.4 is 5.32 Å². The summed E-state index contributed by atoms with van der Waals surface area (Å²) in [5, 5.41) is 25.1. The van der Waals surface area contributed by atoms with E-state index >= 15 is 0 Å². The van der Waals surface area contributed by atoms with E-state index in [2.05, 4.69) is 16.8 Å². The molecule has 8 atom stereocenters. The normalized spacial score (nSPS) is 42.3. The zero-order valence-corrected chi connectivity index (χ0v) is 19.5. The summed E-state index contributed by atoms with van der Waals surface area (Å²) in [5.74, 6) is -2.78. The summed E-state index contributed by atoms with van der Waals surface area (Å²) < 4.78 is 4.26. The molecule has 1 amide bonds. The molecule has 174 valence electrons. The molecule has 0 bridgehead atoms. The Morgan fingerprint density at radius 3 is 2.69 bits per heavy atom. The Kier molecular flexibility index (Phi) is 5.71. The van der Waals surface area contributed by atoms with Crippen LogP contribution in [0.4, 0.5) is 0 Å². The molecule has 0 aromatic carbocycles. The van der Waals surface area contributed by atoms with Crippen LogP contribution in [0, 0.1) is 28.6 Å². The molecule has 4 aliphatic rings. The highest BCUT2D eigenvalue weighted by molar-refractivity contribution is 7.11. The van der Waals surface area contributed by atoms with E-state index in [1.165, 1.54) is 0 Å². The van der Waals surface area contributed by atoms with E-state index in [-0.39, 0.29) is 36.4 Å². The molecule has 0 saturated heterocycles. The maximum Gasteiger partial charge on any atom is 0.398 e. The van der Waals surface area contributed by atoms with Crippen molar-refractivity contribution >= 4 is 32.9 Å². The number of nitrogens with one attached hydrogen (secondary N) is 1. The molecular weight excluding hydrogens is 433 g/mol. The molecule has 8 nitrogen and oxygen atoms in total. The number of fused-ring (bicyclic) bond motifs is 5. The van der Waals surface area contributed by atoms with Crippen LogP contribution in [0.2, 0.25) is 0 Å². The van der Waals surface area contributed by atoms with E-state index in [4.69, 9.17) is 0 Å². The van der Waals surface area contributed by atoms with Crippen LogP contribution in [0.1, 0.15) is 46.0 Å².